The Morgan fingerprint density at radius 1 is 1.07 bits per heavy atom. The fraction of sp³-hybridized carbons (Fsp3) is 0.350. The van der Waals surface area contributed by atoms with Crippen LogP contribution in [0.5, 0.6) is 5.75 Å². The van der Waals surface area contributed by atoms with E-state index >= 15 is 0 Å². The second kappa shape index (κ2) is 8.53. The summed E-state index contributed by atoms with van der Waals surface area (Å²) in [6.07, 6.45) is 0. The first-order valence-electron chi connectivity index (χ1n) is 9.33. The molecule has 1 fully saturated rings. The molecule has 3 aromatic rings. The number of piperazine rings is 1. The number of benzene rings is 1. The van der Waals surface area contributed by atoms with Crippen molar-refractivity contribution in [2.24, 2.45) is 0 Å². The number of methoxy groups -OCH3 is 1. The van der Waals surface area contributed by atoms with Crippen LogP contribution in [0.1, 0.15) is 10.6 Å². The Balaban J connectivity index is 1.36. The normalized spacial score (nSPS) is 16.2. The molecule has 0 aliphatic carbocycles. The second-order valence-electron chi connectivity index (χ2n) is 6.92. The third kappa shape index (κ3) is 4.54. The van der Waals surface area contributed by atoms with Crippen molar-refractivity contribution in [1.82, 2.24) is 14.2 Å². The van der Waals surface area contributed by atoms with Crippen LogP contribution >= 0.6 is 22.7 Å². The van der Waals surface area contributed by atoms with Gasteiger partial charge in [0, 0.05) is 48.5 Å². The number of ether oxygens (including phenoxy) is 1. The molecule has 0 bridgehead atoms. The standard InChI is InChI=1S/C20H23N3O3S3/c1-15-3-8-19(28-15)29(24,25)23-11-9-22(10-12-23)13-17-14-27-20(21-17)16-4-6-18(26-2)7-5-16/h3-8,14H,9-13H2,1-2H3. The van der Waals surface area contributed by atoms with Crippen molar-refractivity contribution in [3.8, 4) is 16.3 Å². The number of thiazole rings is 1. The molecule has 1 saturated heterocycles. The zero-order valence-electron chi connectivity index (χ0n) is 16.4. The molecule has 0 radical (unpaired) electrons. The summed E-state index contributed by atoms with van der Waals surface area (Å²) in [7, 11) is -1.72. The van der Waals surface area contributed by atoms with E-state index in [9.17, 15) is 8.42 Å². The Morgan fingerprint density at radius 2 is 1.79 bits per heavy atom. The highest BCUT2D eigenvalue weighted by atomic mass is 32.2. The number of hydrogen-bond acceptors (Lipinski definition) is 7. The minimum atomic E-state index is -3.37. The summed E-state index contributed by atoms with van der Waals surface area (Å²) in [6.45, 7) is 5.09. The fourth-order valence-electron chi connectivity index (χ4n) is 3.28. The minimum absolute atomic E-state index is 0.437. The van der Waals surface area contributed by atoms with Gasteiger partial charge >= 0.3 is 0 Å². The van der Waals surface area contributed by atoms with E-state index in [-0.39, 0.29) is 0 Å². The number of thiophene rings is 1. The average molecular weight is 450 g/mol. The first-order chi connectivity index (χ1) is 14.0. The Kier molecular flexibility index (Phi) is 6.03. The fourth-order valence-corrected chi connectivity index (χ4v) is 6.96. The molecule has 1 aromatic carbocycles. The highest BCUT2D eigenvalue weighted by molar-refractivity contribution is 7.91. The van der Waals surface area contributed by atoms with Crippen LogP contribution < -0.4 is 4.74 Å². The van der Waals surface area contributed by atoms with Crippen molar-refractivity contribution in [3.05, 3.63) is 52.3 Å². The van der Waals surface area contributed by atoms with Crippen molar-refractivity contribution < 1.29 is 13.2 Å². The van der Waals surface area contributed by atoms with Crippen molar-refractivity contribution in [1.29, 1.82) is 0 Å². The number of sulfonamides is 1. The molecular formula is C20H23N3O3S3. The number of hydrogen-bond donors (Lipinski definition) is 0. The predicted octanol–water partition coefficient (Wildman–Crippen LogP) is 3.70. The van der Waals surface area contributed by atoms with E-state index in [1.165, 1.54) is 11.3 Å². The van der Waals surface area contributed by atoms with Gasteiger partial charge in [0.1, 0.15) is 15.0 Å². The van der Waals surface area contributed by atoms with Crippen molar-refractivity contribution >= 4 is 32.7 Å². The molecule has 2 aromatic heterocycles. The lowest BCUT2D eigenvalue weighted by molar-refractivity contribution is 0.180. The Labute approximate surface area is 179 Å². The van der Waals surface area contributed by atoms with Gasteiger partial charge in [0.05, 0.1) is 12.8 Å². The lowest BCUT2D eigenvalue weighted by Gasteiger charge is -2.33. The van der Waals surface area contributed by atoms with Crippen LogP contribution in [-0.4, -0.2) is 55.9 Å². The van der Waals surface area contributed by atoms with Gasteiger partial charge in [0.15, 0.2) is 0 Å². The highest BCUT2D eigenvalue weighted by Gasteiger charge is 2.29. The molecule has 154 valence electrons. The summed E-state index contributed by atoms with van der Waals surface area (Å²) < 4.78 is 32.8. The monoisotopic (exact) mass is 449 g/mol. The number of aromatic nitrogens is 1. The summed E-state index contributed by atoms with van der Waals surface area (Å²) in [5.41, 5.74) is 2.09. The maximum atomic E-state index is 12.8. The number of nitrogens with zero attached hydrogens (tertiary/aromatic N) is 3. The molecule has 0 unspecified atom stereocenters. The van der Waals surface area contributed by atoms with Gasteiger partial charge in [-0.15, -0.1) is 22.7 Å². The molecule has 6 nitrogen and oxygen atoms in total. The van der Waals surface area contributed by atoms with Gasteiger partial charge in [-0.3, -0.25) is 4.90 Å². The quantitative estimate of drug-likeness (QED) is 0.574. The Bertz CT molecular complexity index is 1070. The van der Waals surface area contributed by atoms with E-state index in [0.29, 0.717) is 30.4 Å². The second-order valence-corrected chi connectivity index (χ2v) is 11.2. The zero-order chi connectivity index (χ0) is 20.4. The lowest BCUT2D eigenvalue weighted by Crippen LogP contribution is -2.48. The molecule has 1 aliphatic heterocycles. The average Bonchev–Trinajstić information content (AvgIpc) is 3.38. The van der Waals surface area contributed by atoms with E-state index in [1.54, 1.807) is 28.8 Å². The first kappa shape index (κ1) is 20.5. The molecule has 0 spiro atoms. The number of aryl methyl sites for hydroxylation is 1. The van der Waals surface area contributed by atoms with E-state index < -0.39 is 10.0 Å². The molecule has 4 rings (SSSR count). The van der Waals surface area contributed by atoms with Gasteiger partial charge in [0.2, 0.25) is 0 Å². The third-order valence-corrected chi connectivity index (χ3v) is 9.22. The largest absolute Gasteiger partial charge is 0.497 e. The van der Waals surface area contributed by atoms with E-state index in [2.05, 4.69) is 10.3 Å². The van der Waals surface area contributed by atoms with Crippen LogP contribution in [-0.2, 0) is 16.6 Å². The molecule has 0 amide bonds. The van der Waals surface area contributed by atoms with Crippen molar-refractivity contribution in [2.45, 2.75) is 17.7 Å². The molecule has 0 atom stereocenters. The van der Waals surface area contributed by atoms with Crippen LogP contribution in [0.3, 0.4) is 0 Å². The Morgan fingerprint density at radius 3 is 2.41 bits per heavy atom. The lowest BCUT2D eigenvalue weighted by atomic mass is 10.2. The third-order valence-electron chi connectivity index (χ3n) is 4.92. The maximum absolute atomic E-state index is 12.8. The van der Waals surface area contributed by atoms with E-state index in [4.69, 9.17) is 9.72 Å². The summed E-state index contributed by atoms with van der Waals surface area (Å²) in [5, 5.41) is 3.06. The summed E-state index contributed by atoms with van der Waals surface area (Å²) in [6, 6.07) is 11.5. The van der Waals surface area contributed by atoms with Gasteiger partial charge in [-0.25, -0.2) is 13.4 Å². The molecule has 0 N–H and O–H groups in total. The van der Waals surface area contributed by atoms with Gasteiger partial charge in [0.25, 0.3) is 10.0 Å². The topological polar surface area (TPSA) is 62.7 Å². The van der Waals surface area contributed by atoms with E-state index in [0.717, 1.165) is 33.4 Å². The van der Waals surface area contributed by atoms with Crippen molar-refractivity contribution in [3.63, 3.8) is 0 Å². The van der Waals surface area contributed by atoms with E-state index in [1.807, 2.05) is 37.3 Å². The van der Waals surface area contributed by atoms with Crippen molar-refractivity contribution in [2.75, 3.05) is 33.3 Å². The molecule has 1 aliphatic rings. The SMILES string of the molecule is COc1ccc(-c2nc(CN3CCN(S(=O)(=O)c4ccc(C)s4)CC3)cs2)cc1. The molecule has 0 saturated carbocycles. The van der Waals surface area contributed by atoms with Crippen LogP contribution in [0.25, 0.3) is 10.6 Å². The predicted molar refractivity (Wildman–Crippen MR) is 117 cm³/mol. The Hall–Kier alpha value is -1.78. The molecule has 3 heterocycles. The summed E-state index contributed by atoms with van der Waals surface area (Å²) in [5.74, 6) is 0.830. The van der Waals surface area contributed by atoms with Crippen LogP contribution in [0, 0.1) is 6.92 Å². The van der Waals surface area contributed by atoms with Gasteiger partial charge in [-0.1, -0.05) is 0 Å². The smallest absolute Gasteiger partial charge is 0.252 e. The summed E-state index contributed by atoms with van der Waals surface area (Å²) in [4.78, 5) is 8.03. The molecular weight excluding hydrogens is 426 g/mol. The van der Waals surface area contributed by atoms with Gasteiger partial charge in [-0.2, -0.15) is 4.31 Å². The molecule has 9 heteroatoms. The maximum Gasteiger partial charge on any atom is 0.252 e. The summed E-state index contributed by atoms with van der Waals surface area (Å²) >= 11 is 2.96. The van der Waals surface area contributed by atoms with Crippen LogP contribution in [0.2, 0.25) is 0 Å². The van der Waals surface area contributed by atoms with Gasteiger partial charge in [-0.05, 0) is 43.3 Å². The number of rotatable bonds is 6. The zero-order valence-corrected chi connectivity index (χ0v) is 18.8. The minimum Gasteiger partial charge on any atom is -0.497 e. The highest BCUT2D eigenvalue weighted by Crippen LogP contribution is 2.27. The van der Waals surface area contributed by atoms with Crippen LogP contribution in [0.4, 0.5) is 0 Å². The molecule has 29 heavy (non-hydrogen) atoms. The first-order valence-corrected chi connectivity index (χ1v) is 12.5. The van der Waals surface area contributed by atoms with Gasteiger partial charge < -0.3 is 4.74 Å². The van der Waals surface area contributed by atoms with Crippen LogP contribution in [0.15, 0.2) is 46.0 Å².